The molecule has 10 nitrogen and oxygen atoms in total. The number of piperidine rings is 1. The maximum atomic E-state index is 13.7. The third kappa shape index (κ3) is 3.59. The van der Waals surface area contributed by atoms with E-state index in [0.29, 0.717) is 47.4 Å². The van der Waals surface area contributed by atoms with Gasteiger partial charge in [0.15, 0.2) is 11.5 Å². The summed E-state index contributed by atoms with van der Waals surface area (Å²) in [6.45, 7) is 6.10. The van der Waals surface area contributed by atoms with E-state index in [1.54, 1.807) is 51.1 Å². The number of likely N-dealkylation sites (tertiary alicyclic amines) is 1. The first kappa shape index (κ1) is 26.8. The van der Waals surface area contributed by atoms with E-state index in [-0.39, 0.29) is 23.6 Å². The SMILES string of the molecule is CC(C)(C)OC(=O)Oc1ccc(C=O)c2c1O[C@H]1[C@H](N3C(=O)c4ccccc4C3=O)CC[C@@]3(O)[C@H]4C(C[C@]213)N4CC1CC1. The zero-order valence-electron chi connectivity index (χ0n) is 24.4. The lowest BCUT2D eigenvalue weighted by molar-refractivity contribution is -0.123. The molecule has 8 rings (SSSR count). The fourth-order valence-electron chi connectivity index (χ4n) is 8.59. The lowest BCUT2D eigenvalue weighted by Crippen LogP contribution is -2.68. The minimum Gasteiger partial charge on any atom is -0.483 e. The van der Waals surface area contributed by atoms with E-state index in [9.17, 15) is 24.3 Å². The van der Waals surface area contributed by atoms with Crippen molar-refractivity contribution in [1.29, 1.82) is 0 Å². The normalized spacial score (nSPS) is 34.9. The van der Waals surface area contributed by atoms with Gasteiger partial charge in [0.2, 0.25) is 0 Å². The van der Waals surface area contributed by atoms with Crippen molar-refractivity contribution >= 4 is 24.3 Å². The van der Waals surface area contributed by atoms with Crippen LogP contribution in [0.1, 0.15) is 89.5 Å². The molecule has 7 atom stereocenters. The van der Waals surface area contributed by atoms with Gasteiger partial charge in [-0.15, -0.1) is 0 Å². The molecule has 0 bridgehead atoms. The first-order valence-corrected chi connectivity index (χ1v) is 15.1. The van der Waals surface area contributed by atoms with Gasteiger partial charge in [-0.25, -0.2) is 4.79 Å². The lowest BCUT2D eigenvalue weighted by Gasteiger charge is -2.53. The smallest absolute Gasteiger partial charge is 0.483 e. The van der Waals surface area contributed by atoms with E-state index < -0.39 is 46.7 Å². The van der Waals surface area contributed by atoms with Gasteiger partial charge in [0.25, 0.3) is 11.8 Å². The fraction of sp³-hybridized carbons (Fsp3) is 0.515. The largest absolute Gasteiger partial charge is 0.514 e. The van der Waals surface area contributed by atoms with E-state index in [4.69, 9.17) is 14.2 Å². The molecule has 2 amide bonds. The minimum absolute atomic E-state index is 0.0671. The zero-order valence-corrected chi connectivity index (χ0v) is 24.4. The van der Waals surface area contributed by atoms with Gasteiger partial charge in [-0.3, -0.25) is 24.2 Å². The Labute approximate surface area is 248 Å². The first-order chi connectivity index (χ1) is 20.5. The third-order valence-electron chi connectivity index (χ3n) is 10.4. The van der Waals surface area contributed by atoms with Crippen molar-refractivity contribution < 1.29 is 38.5 Å². The molecule has 1 N–H and O–H groups in total. The maximum Gasteiger partial charge on any atom is 0.514 e. The number of benzene rings is 2. The maximum absolute atomic E-state index is 13.7. The molecule has 224 valence electrons. The molecule has 2 unspecified atom stereocenters. The topological polar surface area (TPSA) is 122 Å². The Morgan fingerprint density at radius 1 is 1.07 bits per heavy atom. The molecule has 3 heterocycles. The number of carbonyl (C=O) groups excluding carboxylic acids is 4. The van der Waals surface area contributed by atoms with Crippen LogP contribution in [-0.4, -0.2) is 81.1 Å². The first-order valence-electron chi connectivity index (χ1n) is 15.1. The Hall–Kier alpha value is -3.76. The van der Waals surface area contributed by atoms with Crippen LogP contribution in [0.3, 0.4) is 0 Å². The predicted octanol–water partition coefficient (Wildman–Crippen LogP) is 3.87. The number of imide groups is 1. The number of hydrogen-bond acceptors (Lipinski definition) is 9. The molecular formula is C33H34N2O8. The molecule has 0 radical (unpaired) electrons. The van der Waals surface area contributed by atoms with E-state index in [2.05, 4.69) is 4.90 Å². The second-order valence-corrected chi connectivity index (χ2v) is 14.0. The summed E-state index contributed by atoms with van der Waals surface area (Å²) in [5.41, 5.74) is -1.69. The zero-order chi connectivity index (χ0) is 30.1. The Morgan fingerprint density at radius 3 is 2.40 bits per heavy atom. The number of hydrogen-bond donors (Lipinski definition) is 1. The average molecular weight is 587 g/mol. The quantitative estimate of drug-likeness (QED) is 0.183. The van der Waals surface area contributed by atoms with Crippen LogP contribution in [0.2, 0.25) is 0 Å². The van der Waals surface area contributed by atoms with Gasteiger partial charge in [-0.05, 0) is 83.1 Å². The fourth-order valence-corrected chi connectivity index (χ4v) is 8.59. The molecular weight excluding hydrogens is 552 g/mol. The lowest BCUT2D eigenvalue weighted by atomic mass is 9.57. The molecule has 1 spiro atoms. The van der Waals surface area contributed by atoms with Crippen molar-refractivity contribution in [1.82, 2.24) is 9.80 Å². The van der Waals surface area contributed by atoms with E-state index in [1.807, 2.05) is 0 Å². The Kier molecular flexibility index (Phi) is 5.41. The second kappa shape index (κ2) is 8.66. The molecule has 43 heavy (non-hydrogen) atoms. The molecule has 6 aliphatic rings. The van der Waals surface area contributed by atoms with Crippen LogP contribution >= 0.6 is 0 Å². The number of aldehydes is 1. The van der Waals surface area contributed by atoms with Crippen molar-refractivity contribution in [3.05, 3.63) is 58.7 Å². The number of nitrogens with zero attached hydrogens (tertiary/aromatic N) is 2. The van der Waals surface area contributed by atoms with Gasteiger partial charge in [0.05, 0.1) is 34.2 Å². The van der Waals surface area contributed by atoms with Crippen molar-refractivity contribution in [2.75, 3.05) is 6.54 Å². The molecule has 10 heteroatoms. The van der Waals surface area contributed by atoms with Crippen LogP contribution in [-0.2, 0) is 10.2 Å². The standard InChI is InChI=1S/C33H34N2O8/c1-31(2,3)43-30(39)41-23-11-10-18(16-36)24-25(23)42-27-21(35-28(37)19-6-4-5-7-20(19)29(35)38)12-13-33(40)26-22(14-32(24,27)33)34(26)15-17-8-9-17/h4-7,10-11,16-17,21-22,26-27,40H,8-9,12-15H2,1-3H3/t21-,22?,26-,27+,32+,33-,34?/m1/s1. The van der Waals surface area contributed by atoms with E-state index >= 15 is 0 Å². The molecule has 2 aromatic carbocycles. The highest BCUT2D eigenvalue weighted by Crippen LogP contribution is 2.70. The van der Waals surface area contributed by atoms with Crippen LogP contribution in [0.25, 0.3) is 0 Å². The summed E-state index contributed by atoms with van der Waals surface area (Å²) >= 11 is 0. The average Bonchev–Trinajstić information content (AvgIpc) is 3.82. The van der Waals surface area contributed by atoms with Crippen LogP contribution < -0.4 is 9.47 Å². The Balaban J connectivity index is 1.25. The second-order valence-electron chi connectivity index (χ2n) is 14.0. The monoisotopic (exact) mass is 586 g/mol. The van der Waals surface area contributed by atoms with Crippen LogP contribution in [0.4, 0.5) is 4.79 Å². The van der Waals surface area contributed by atoms with Gasteiger partial charge in [-0.1, -0.05) is 12.1 Å². The number of aliphatic hydroxyl groups is 1. The van der Waals surface area contributed by atoms with Crippen molar-refractivity contribution in [3.63, 3.8) is 0 Å². The summed E-state index contributed by atoms with van der Waals surface area (Å²) in [4.78, 5) is 56.3. The van der Waals surface area contributed by atoms with Gasteiger partial charge < -0.3 is 19.3 Å². The van der Waals surface area contributed by atoms with Gasteiger partial charge >= 0.3 is 6.16 Å². The summed E-state index contributed by atoms with van der Waals surface area (Å²) < 4.78 is 17.7. The molecule has 3 aliphatic carbocycles. The summed E-state index contributed by atoms with van der Waals surface area (Å²) in [7, 11) is 0. The van der Waals surface area contributed by atoms with Gasteiger partial charge in [0, 0.05) is 23.7 Å². The number of amides is 2. The summed E-state index contributed by atoms with van der Waals surface area (Å²) in [5.74, 6) is 0.0900. The Morgan fingerprint density at radius 2 is 1.77 bits per heavy atom. The number of ether oxygens (including phenoxy) is 3. The van der Waals surface area contributed by atoms with E-state index in [0.717, 1.165) is 12.8 Å². The highest BCUT2D eigenvalue weighted by Gasteiger charge is 2.81. The molecule has 4 fully saturated rings. The number of fused-ring (bicyclic) bond motifs is 4. The molecule has 1 saturated heterocycles. The Bertz CT molecular complexity index is 1580. The number of carbonyl (C=O) groups is 4. The van der Waals surface area contributed by atoms with Crippen LogP contribution in [0.5, 0.6) is 11.5 Å². The van der Waals surface area contributed by atoms with Gasteiger partial charge in [0.1, 0.15) is 18.0 Å². The summed E-state index contributed by atoms with van der Waals surface area (Å²) in [6, 6.07) is 9.07. The predicted molar refractivity (Wildman–Crippen MR) is 151 cm³/mol. The highest BCUT2D eigenvalue weighted by atomic mass is 16.7. The van der Waals surface area contributed by atoms with Crippen LogP contribution in [0.15, 0.2) is 36.4 Å². The summed E-state index contributed by atoms with van der Waals surface area (Å²) in [5, 5.41) is 12.8. The number of rotatable bonds is 5. The van der Waals surface area contributed by atoms with Gasteiger partial charge in [-0.2, -0.15) is 0 Å². The minimum atomic E-state index is -1.28. The van der Waals surface area contributed by atoms with Crippen molar-refractivity contribution in [2.45, 2.75) is 93.7 Å². The summed E-state index contributed by atoms with van der Waals surface area (Å²) in [6.07, 6.45) is 2.49. The van der Waals surface area contributed by atoms with Crippen molar-refractivity contribution in [2.24, 2.45) is 5.92 Å². The molecule has 3 saturated carbocycles. The molecule has 3 aliphatic heterocycles. The highest BCUT2D eigenvalue weighted by molar-refractivity contribution is 6.21. The molecule has 2 aromatic rings. The van der Waals surface area contributed by atoms with Crippen LogP contribution in [0, 0.1) is 5.92 Å². The van der Waals surface area contributed by atoms with E-state index in [1.165, 1.54) is 23.8 Å². The third-order valence-corrected chi connectivity index (χ3v) is 10.4. The van der Waals surface area contributed by atoms with Crippen molar-refractivity contribution in [3.8, 4) is 11.5 Å². The molecule has 0 aromatic heterocycles.